The fourth-order valence-corrected chi connectivity index (χ4v) is 4.69. The molecule has 0 amide bonds. The molecule has 0 spiro atoms. The molecule has 30 heavy (non-hydrogen) atoms. The lowest BCUT2D eigenvalue weighted by atomic mass is 10.0. The average molecular weight is 433 g/mol. The first kappa shape index (κ1) is 19.3. The third kappa shape index (κ3) is 3.74. The molecule has 150 valence electrons. The van der Waals surface area contributed by atoms with Gasteiger partial charge in [0.25, 0.3) is 0 Å². The van der Waals surface area contributed by atoms with Crippen LogP contribution in [0.2, 0.25) is 0 Å². The number of rotatable bonds is 5. The fourth-order valence-electron chi connectivity index (χ4n) is 4.20. The third-order valence-electron chi connectivity index (χ3n) is 5.79. The van der Waals surface area contributed by atoms with E-state index in [0.717, 1.165) is 19.5 Å². The van der Waals surface area contributed by atoms with Crippen molar-refractivity contribution in [1.82, 2.24) is 9.80 Å². The van der Waals surface area contributed by atoms with Crippen molar-refractivity contribution >= 4 is 44.7 Å². The molecule has 0 aliphatic carbocycles. The lowest BCUT2D eigenvalue weighted by Gasteiger charge is -2.23. The van der Waals surface area contributed by atoms with Crippen LogP contribution in [-0.4, -0.2) is 23.0 Å². The Kier molecular flexibility index (Phi) is 5.28. The first-order valence-electron chi connectivity index (χ1n) is 10.2. The first-order valence-corrected chi connectivity index (χ1v) is 10.9. The number of hydrogen-bond donors (Lipinski definition) is 0. The monoisotopic (exact) mass is 432 g/mol. The quantitative estimate of drug-likeness (QED) is 0.316. The second-order valence-electron chi connectivity index (χ2n) is 7.75. The van der Waals surface area contributed by atoms with Gasteiger partial charge in [-0.2, -0.15) is 0 Å². The molecular weight excluding hydrogens is 411 g/mol. The van der Waals surface area contributed by atoms with Crippen LogP contribution in [0.1, 0.15) is 11.1 Å². The largest absolute Gasteiger partial charge is 0.342 e. The molecule has 4 aromatic carbocycles. The van der Waals surface area contributed by atoms with Crippen LogP contribution in [0.3, 0.4) is 0 Å². The van der Waals surface area contributed by atoms with E-state index in [4.69, 9.17) is 23.2 Å². The molecule has 0 atom stereocenters. The van der Waals surface area contributed by atoms with E-state index in [1.54, 1.807) is 0 Å². The van der Waals surface area contributed by atoms with Gasteiger partial charge in [-0.25, -0.2) is 0 Å². The minimum Gasteiger partial charge on any atom is -0.342 e. The van der Waals surface area contributed by atoms with Crippen molar-refractivity contribution in [3.05, 3.63) is 106 Å². The predicted octanol–water partition coefficient (Wildman–Crippen LogP) is 6.92. The summed E-state index contributed by atoms with van der Waals surface area (Å²) in [6.45, 7) is 2.27. The van der Waals surface area contributed by atoms with Crippen LogP contribution in [0, 0.1) is 0 Å². The second kappa shape index (κ2) is 8.22. The van der Waals surface area contributed by atoms with Gasteiger partial charge < -0.3 is 9.80 Å². The molecule has 5 rings (SSSR count). The maximum absolute atomic E-state index is 6.60. The lowest BCUT2D eigenvalue weighted by molar-refractivity contribution is 0.255. The topological polar surface area (TPSA) is 6.48 Å². The van der Waals surface area contributed by atoms with Gasteiger partial charge in [0.1, 0.15) is 10.3 Å². The highest BCUT2D eigenvalue weighted by Crippen LogP contribution is 2.32. The Morgan fingerprint density at radius 2 is 1.37 bits per heavy atom. The van der Waals surface area contributed by atoms with E-state index in [9.17, 15) is 0 Å². The van der Waals surface area contributed by atoms with E-state index in [1.807, 2.05) is 0 Å². The van der Waals surface area contributed by atoms with E-state index in [1.165, 1.54) is 32.7 Å². The van der Waals surface area contributed by atoms with Crippen molar-refractivity contribution in [2.24, 2.45) is 0 Å². The van der Waals surface area contributed by atoms with Crippen molar-refractivity contribution in [2.45, 2.75) is 13.0 Å². The average Bonchev–Trinajstić information content (AvgIpc) is 3.05. The van der Waals surface area contributed by atoms with Gasteiger partial charge in [-0.3, -0.25) is 0 Å². The Bertz CT molecular complexity index is 1240. The molecule has 0 saturated heterocycles. The summed E-state index contributed by atoms with van der Waals surface area (Å²) in [5.41, 5.74) is 2.56. The lowest BCUT2D eigenvalue weighted by Crippen LogP contribution is -2.28. The van der Waals surface area contributed by atoms with Crippen molar-refractivity contribution in [2.75, 3.05) is 13.2 Å². The van der Waals surface area contributed by atoms with E-state index in [2.05, 4.69) is 94.7 Å². The highest BCUT2D eigenvalue weighted by Gasteiger charge is 2.26. The number of halogens is 2. The zero-order valence-corrected chi connectivity index (χ0v) is 18.1. The molecule has 0 radical (unpaired) electrons. The predicted molar refractivity (Wildman–Crippen MR) is 127 cm³/mol. The van der Waals surface area contributed by atoms with Gasteiger partial charge in [-0.1, -0.05) is 102 Å². The molecule has 0 aromatic heterocycles. The SMILES string of the molecule is ClC1=C(Cl)N(Cc2ccc3ccccc3c2)CN1CCc1cccc2ccccc12. The molecule has 0 N–H and O–H groups in total. The number of benzene rings is 4. The molecular formula is C26H22Cl2N2. The van der Waals surface area contributed by atoms with E-state index in [0.29, 0.717) is 17.0 Å². The molecule has 0 unspecified atom stereocenters. The van der Waals surface area contributed by atoms with Crippen molar-refractivity contribution in [3.8, 4) is 0 Å². The molecule has 4 heteroatoms. The third-order valence-corrected chi connectivity index (χ3v) is 6.72. The number of fused-ring (bicyclic) bond motifs is 2. The van der Waals surface area contributed by atoms with Gasteiger partial charge in [-0.05, 0) is 45.2 Å². The molecule has 2 nitrogen and oxygen atoms in total. The zero-order chi connectivity index (χ0) is 20.5. The van der Waals surface area contributed by atoms with Gasteiger partial charge in [0.15, 0.2) is 0 Å². The Labute approximate surface area is 186 Å². The summed E-state index contributed by atoms with van der Waals surface area (Å²) < 4.78 is 0. The minimum atomic E-state index is 0.628. The number of hydrogen-bond acceptors (Lipinski definition) is 2. The Balaban J connectivity index is 1.30. The molecule has 1 aliphatic rings. The molecule has 1 aliphatic heterocycles. The summed E-state index contributed by atoms with van der Waals surface area (Å²) in [6.07, 6.45) is 0.922. The summed E-state index contributed by atoms with van der Waals surface area (Å²) in [5.74, 6) is 0. The second-order valence-corrected chi connectivity index (χ2v) is 8.47. The van der Waals surface area contributed by atoms with Crippen LogP contribution in [0.25, 0.3) is 21.5 Å². The van der Waals surface area contributed by atoms with Crippen LogP contribution in [0.4, 0.5) is 0 Å². The summed E-state index contributed by atoms with van der Waals surface area (Å²) in [4.78, 5) is 4.30. The van der Waals surface area contributed by atoms with Gasteiger partial charge in [0.2, 0.25) is 0 Å². The smallest absolute Gasteiger partial charge is 0.142 e. The summed E-state index contributed by atoms with van der Waals surface area (Å²) in [6, 6.07) is 30.0. The van der Waals surface area contributed by atoms with Crippen LogP contribution < -0.4 is 0 Å². The van der Waals surface area contributed by atoms with E-state index in [-0.39, 0.29) is 0 Å². The summed E-state index contributed by atoms with van der Waals surface area (Å²) in [7, 11) is 0. The van der Waals surface area contributed by atoms with Gasteiger partial charge in [-0.15, -0.1) is 0 Å². The van der Waals surface area contributed by atoms with Crippen LogP contribution in [0.15, 0.2) is 95.2 Å². The molecule has 0 bridgehead atoms. The van der Waals surface area contributed by atoms with Gasteiger partial charge >= 0.3 is 0 Å². The number of nitrogens with zero attached hydrogens (tertiary/aromatic N) is 2. The fraction of sp³-hybridized carbons (Fsp3) is 0.154. The Morgan fingerprint density at radius 1 is 0.667 bits per heavy atom. The van der Waals surface area contributed by atoms with E-state index < -0.39 is 0 Å². The van der Waals surface area contributed by atoms with Crippen molar-refractivity contribution in [3.63, 3.8) is 0 Å². The van der Waals surface area contributed by atoms with Gasteiger partial charge in [0, 0.05) is 13.1 Å². The summed E-state index contributed by atoms with van der Waals surface area (Å²) in [5, 5.41) is 6.33. The normalized spacial score (nSPS) is 14.3. The van der Waals surface area contributed by atoms with Crippen LogP contribution in [-0.2, 0) is 13.0 Å². The summed E-state index contributed by atoms with van der Waals surface area (Å²) >= 11 is 13.2. The van der Waals surface area contributed by atoms with E-state index >= 15 is 0 Å². The maximum atomic E-state index is 6.60. The maximum Gasteiger partial charge on any atom is 0.142 e. The highest BCUT2D eigenvalue weighted by atomic mass is 35.5. The molecule has 0 saturated carbocycles. The minimum absolute atomic E-state index is 0.628. The highest BCUT2D eigenvalue weighted by molar-refractivity contribution is 6.38. The molecule has 1 heterocycles. The van der Waals surface area contributed by atoms with Gasteiger partial charge in [0.05, 0.1) is 6.67 Å². The molecule has 0 fully saturated rings. The van der Waals surface area contributed by atoms with Crippen molar-refractivity contribution < 1.29 is 0 Å². The standard InChI is InChI=1S/C26H22Cl2N2/c27-25-26(28)30(17-19-12-13-20-6-1-2-8-23(20)16-19)18-29(25)15-14-22-10-5-9-21-7-3-4-11-24(21)22/h1-13,16H,14-15,17-18H2. The van der Waals surface area contributed by atoms with Crippen molar-refractivity contribution in [1.29, 1.82) is 0 Å². The zero-order valence-electron chi connectivity index (χ0n) is 16.6. The van der Waals surface area contributed by atoms with Crippen LogP contribution >= 0.6 is 23.2 Å². The Hall–Kier alpha value is -2.68. The molecule has 4 aromatic rings. The first-order chi connectivity index (χ1) is 14.7. The van der Waals surface area contributed by atoms with Crippen LogP contribution in [0.5, 0.6) is 0 Å². The Morgan fingerprint density at radius 3 is 2.23 bits per heavy atom.